The second kappa shape index (κ2) is 10.6. The molecule has 1 aromatic carbocycles. The quantitative estimate of drug-likeness (QED) is 0.367. The molecule has 12 nitrogen and oxygen atoms in total. The number of carbonyl (C=O) groups is 3. The predicted octanol–water partition coefficient (Wildman–Crippen LogP) is 5.26. The molecule has 1 aliphatic rings. The number of hydrogen-bond acceptors (Lipinski definition) is 10. The normalized spacial score (nSPS) is 14.3. The van der Waals surface area contributed by atoms with Crippen molar-refractivity contribution in [2.24, 2.45) is 0 Å². The molecular formula is C26H35N3O9. The van der Waals surface area contributed by atoms with Crippen LogP contribution in [-0.2, 0) is 20.7 Å². The lowest BCUT2D eigenvalue weighted by atomic mass is 10.1. The lowest BCUT2D eigenvalue weighted by Gasteiger charge is -2.27. The van der Waals surface area contributed by atoms with E-state index < -0.39 is 35.1 Å². The Morgan fingerprint density at radius 2 is 1.39 bits per heavy atom. The molecule has 0 radical (unpaired) electrons. The maximum absolute atomic E-state index is 12.5. The number of rotatable bonds is 7. The summed E-state index contributed by atoms with van der Waals surface area (Å²) in [6.45, 7) is 13.5. The summed E-state index contributed by atoms with van der Waals surface area (Å²) in [5.74, 6) is -1.07. The van der Waals surface area contributed by atoms with Crippen LogP contribution in [0.3, 0.4) is 0 Å². The molecule has 12 heteroatoms. The minimum Gasteiger partial charge on any atom is -0.476 e. The Hall–Kier alpha value is -3.67. The lowest BCUT2D eigenvalue weighted by molar-refractivity contribution is -0.139. The summed E-state index contributed by atoms with van der Waals surface area (Å²) >= 11 is 0. The number of benzene rings is 1. The highest BCUT2D eigenvalue weighted by Gasteiger charge is 2.34. The highest BCUT2D eigenvalue weighted by molar-refractivity contribution is 5.90. The molecule has 0 fully saturated rings. The predicted molar refractivity (Wildman–Crippen MR) is 135 cm³/mol. The lowest BCUT2D eigenvalue weighted by Crippen LogP contribution is -2.43. The van der Waals surface area contributed by atoms with Gasteiger partial charge in [-0.2, -0.15) is 0 Å². The molecule has 1 aromatic heterocycles. The van der Waals surface area contributed by atoms with E-state index in [2.05, 4.69) is 9.97 Å². The van der Waals surface area contributed by atoms with Crippen molar-refractivity contribution in [2.45, 2.75) is 91.6 Å². The summed E-state index contributed by atoms with van der Waals surface area (Å²) in [5.41, 5.74) is -0.729. The van der Waals surface area contributed by atoms with Crippen LogP contribution >= 0.6 is 0 Å². The number of aromatic nitrogens is 2. The molecule has 0 atom stereocenters. The van der Waals surface area contributed by atoms with Crippen molar-refractivity contribution in [1.29, 1.82) is 0 Å². The molecule has 208 valence electrons. The number of hydrogen-bond donors (Lipinski definition) is 1. The number of fused-ring (bicyclic) bond motifs is 2. The molecule has 2 amide bonds. The number of hydroxylamine groups is 2. The van der Waals surface area contributed by atoms with Crippen molar-refractivity contribution < 1.29 is 43.3 Å². The second-order valence-electron chi connectivity index (χ2n) is 11.3. The van der Waals surface area contributed by atoms with Crippen molar-refractivity contribution >= 4 is 29.2 Å². The first-order chi connectivity index (χ1) is 17.4. The van der Waals surface area contributed by atoms with Crippen molar-refractivity contribution in [1.82, 2.24) is 15.0 Å². The van der Waals surface area contributed by atoms with Crippen LogP contribution in [0.1, 0.15) is 84.4 Å². The van der Waals surface area contributed by atoms with Gasteiger partial charge in [0.2, 0.25) is 5.79 Å². The summed E-state index contributed by atoms with van der Waals surface area (Å²) in [6.07, 6.45) is -0.915. The van der Waals surface area contributed by atoms with Gasteiger partial charge in [-0.25, -0.2) is 24.4 Å². The van der Waals surface area contributed by atoms with Crippen LogP contribution < -0.4 is 9.47 Å². The standard InChI is InChI=1S/C26H35N3O9/c1-24(2,3)37-22(32)29(23(33)38-25(4,5)6)34-12-10-9-11-15-20(21(30)31)28-17-14-19-18(13-16(17)27-15)35-26(7,8)36-19/h13-14H,9-12H2,1-8H3,(H,30,31). The highest BCUT2D eigenvalue weighted by Crippen LogP contribution is 2.41. The third kappa shape index (κ3) is 7.67. The number of unbranched alkanes of at least 4 members (excludes halogenated alkanes) is 1. The third-order valence-electron chi connectivity index (χ3n) is 4.86. The molecule has 2 heterocycles. The Morgan fingerprint density at radius 1 is 0.895 bits per heavy atom. The van der Waals surface area contributed by atoms with E-state index in [1.165, 1.54) is 0 Å². The number of nitrogens with zero attached hydrogens (tertiary/aromatic N) is 3. The van der Waals surface area contributed by atoms with Gasteiger partial charge in [0, 0.05) is 26.0 Å². The molecule has 0 aliphatic carbocycles. The minimum atomic E-state index is -1.20. The van der Waals surface area contributed by atoms with Crippen LogP contribution in [0.4, 0.5) is 9.59 Å². The number of aryl methyl sites for hydroxylation is 1. The summed E-state index contributed by atoms with van der Waals surface area (Å²) < 4.78 is 22.0. The third-order valence-corrected chi connectivity index (χ3v) is 4.86. The number of imide groups is 1. The van der Waals surface area contributed by atoms with Crippen LogP contribution in [0.5, 0.6) is 11.5 Å². The van der Waals surface area contributed by atoms with Crippen LogP contribution in [0.15, 0.2) is 12.1 Å². The van der Waals surface area contributed by atoms with Gasteiger partial charge >= 0.3 is 18.2 Å². The van der Waals surface area contributed by atoms with Gasteiger partial charge in [0.05, 0.1) is 23.3 Å². The first kappa shape index (κ1) is 28.9. The SMILES string of the molecule is CC(C)(C)OC(=O)N(OCCCCc1nc2cc3c(cc2nc1C(=O)O)OC(C)(C)O3)C(=O)OC(C)(C)C. The fourth-order valence-electron chi connectivity index (χ4n) is 3.49. The molecule has 0 saturated carbocycles. The van der Waals surface area contributed by atoms with E-state index in [0.29, 0.717) is 46.1 Å². The molecule has 0 unspecified atom stereocenters. The van der Waals surface area contributed by atoms with Gasteiger partial charge in [0.1, 0.15) is 11.2 Å². The van der Waals surface area contributed by atoms with Crippen LogP contribution in [0, 0.1) is 0 Å². The van der Waals surface area contributed by atoms with E-state index >= 15 is 0 Å². The molecule has 38 heavy (non-hydrogen) atoms. The monoisotopic (exact) mass is 533 g/mol. The van der Waals surface area contributed by atoms with Gasteiger partial charge in [0.15, 0.2) is 17.2 Å². The van der Waals surface area contributed by atoms with Crippen molar-refractivity contribution in [2.75, 3.05) is 6.61 Å². The Bertz CT molecular complexity index is 1200. The van der Waals surface area contributed by atoms with Gasteiger partial charge in [-0.15, -0.1) is 0 Å². The van der Waals surface area contributed by atoms with E-state index in [9.17, 15) is 19.5 Å². The smallest absolute Gasteiger partial charge is 0.444 e. The van der Waals surface area contributed by atoms with Crippen LogP contribution in [0.2, 0.25) is 0 Å². The molecule has 3 rings (SSSR count). The van der Waals surface area contributed by atoms with E-state index in [4.69, 9.17) is 23.8 Å². The Kier molecular flexibility index (Phi) is 8.06. The van der Waals surface area contributed by atoms with E-state index in [1.807, 2.05) is 0 Å². The summed E-state index contributed by atoms with van der Waals surface area (Å²) in [6, 6.07) is 3.28. The minimum absolute atomic E-state index is 0.0321. The average Bonchev–Trinajstić information content (AvgIpc) is 3.03. The number of carboxylic acid groups (broad SMARTS) is 1. The molecule has 2 aromatic rings. The number of ether oxygens (including phenoxy) is 4. The van der Waals surface area contributed by atoms with E-state index in [-0.39, 0.29) is 18.7 Å². The number of carboxylic acids is 1. The largest absolute Gasteiger partial charge is 0.476 e. The molecule has 0 bridgehead atoms. The van der Waals surface area contributed by atoms with Crippen molar-refractivity contribution in [3.05, 3.63) is 23.5 Å². The zero-order valence-electron chi connectivity index (χ0n) is 23.0. The fraction of sp³-hybridized carbons (Fsp3) is 0.577. The molecular weight excluding hydrogens is 498 g/mol. The van der Waals surface area contributed by atoms with Gasteiger partial charge in [0.25, 0.3) is 0 Å². The second-order valence-corrected chi connectivity index (χ2v) is 11.3. The summed E-state index contributed by atoms with van der Waals surface area (Å²) in [4.78, 5) is 51.1. The zero-order valence-corrected chi connectivity index (χ0v) is 23.0. The molecule has 0 saturated heterocycles. The summed E-state index contributed by atoms with van der Waals surface area (Å²) in [7, 11) is 0. The molecule has 1 N–H and O–H groups in total. The highest BCUT2D eigenvalue weighted by atomic mass is 16.8. The maximum atomic E-state index is 12.5. The van der Waals surface area contributed by atoms with Crippen molar-refractivity contribution in [3.63, 3.8) is 0 Å². The number of amides is 2. The fourth-order valence-corrected chi connectivity index (χ4v) is 3.49. The van der Waals surface area contributed by atoms with E-state index in [1.54, 1.807) is 67.5 Å². The number of carbonyl (C=O) groups excluding carboxylic acids is 2. The van der Waals surface area contributed by atoms with Gasteiger partial charge in [-0.3, -0.25) is 4.84 Å². The molecule has 1 aliphatic heterocycles. The Balaban J connectivity index is 1.68. The molecule has 0 spiro atoms. The van der Waals surface area contributed by atoms with Crippen LogP contribution in [0.25, 0.3) is 11.0 Å². The van der Waals surface area contributed by atoms with Gasteiger partial charge in [-0.05, 0) is 60.8 Å². The van der Waals surface area contributed by atoms with Crippen molar-refractivity contribution in [3.8, 4) is 11.5 Å². The topological polar surface area (TPSA) is 147 Å². The summed E-state index contributed by atoms with van der Waals surface area (Å²) in [5, 5.41) is 10.1. The van der Waals surface area contributed by atoms with E-state index in [0.717, 1.165) is 0 Å². The Labute approximate surface area is 221 Å². The van der Waals surface area contributed by atoms with Gasteiger partial charge in [-0.1, -0.05) is 5.06 Å². The maximum Gasteiger partial charge on any atom is 0.444 e. The average molecular weight is 534 g/mol. The number of aromatic carboxylic acids is 1. The first-order valence-electron chi connectivity index (χ1n) is 12.3. The first-order valence-corrected chi connectivity index (χ1v) is 12.3. The van der Waals surface area contributed by atoms with Gasteiger partial charge < -0.3 is 24.1 Å². The van der Waals surface area contributed by atoms with Crippen LogP contribution in [-0.4, -0.2) is 61.9 Å². The Morgan fingerprint density at radius 3 is 1.87 bits per heavy atom. The zero-order chi connectivity index (χ0) is 28.5.